The number of ether oxygens (including phenoxy) is 1. The Morgan fingerprint density at radius 2 is 2.09 bits per heavy atom. The first-order chi connectivity index (χ1) is 10.9. The van der Waals surface area contributed by atoms with Crippen LogP contribution in [-0.4, -0.2) is 29.1 Å². The minimum Gasteiger partial charge on any atom is -0.460 e. The summed E-state index contributed by atoms with van der Waals surface area (Å²) in [6.07, 6.45) is 4.04. The van der Waals surface area contributed by atoms with Crippen molar-refractivity contribution >= 4 is 5.97 Å². The van der Waals surface area contributed by atoms with Gasteiger partial charge < -0.3 is 4.74 Å². The summed E-state index contributed by atoms with van der Waals surface area (Å²) >= 11 is 0. The molecule has 0 aliphatic carbocycles. The lowest BCUT2D eigenvalue weighted by Crippen LogP contribution is -2.37. The lowest BCUT2D eigenvalue weighted by atomic mass is 9.99. The maximum atomic E-state index is 12.5. The topological polar surface area (TPSA) is 53.3 Å². The lowest BCUT2D eigenvalue weighted by Gasteiger charge is -2.27. The van der Waals surface area contributed by atoms with Crippen LogP contribution in [0.15, 0.2) is 42.5 Å². The van der Waals surface area contributed by atoms with E-state index in [4.69, 9.17) is 10.00 Å². The molecule has 0 bridgehead atoms. The van der Waals surface area contributed by atoms with Crippen molar-refractivity contribution in [3.8, 4) is 6.07 Å². The molecule has 4 heteroatoms. The molecule has 0 aromatic heterocycles. The maximum Gasteiger partial charge on any atom is 0.311 e. The number of allylic oxidation sites excluding steroid dienone is 1. The van der Waals surface area contributed by atoms with Crippen LogP contribution in [-0.2, 0) is 16.1 Å². The Morgan fingerprint density at radius 1 is 1.39 bits per heavy atom. The van der Waals surface area contributed by atoms with E-state index in [0.717, 1.165) is 19.5 Å². The van der Waals surface area contributed by atoms with Gasteiger partial charge in [0.15, 0.2) is 0 Å². The molecule has 1 saturated heterocycles. The highest BCUT2D eigenvalue weighted by Gasteiger charge is 2.39. The number of benzene rings is 1. The lowest BCUT2D eigenvalue weighted by molar-refractivity contribution is -0.160. The van der Waals surface area contributed by atoms with E-state index < -0.39 is 5.60 Å². The number of carbonyl (C=O) groups excluding carboxylic acids is 1. The Morgan fingerprint density at radius 3 is 2.70 bits per heavy atom. The van der Waals surface area contributed by atoms with Crippen LogP contribution in [0.3, 0.4) is 0 Å². The SMILES string of the molecule is CC(C)(C)OC(=O)[C@H]1CCN(Cc2ccccc2)[C@H]1/C=C/C#N. The Labute approximate surface area is 138 Å². The van der Waals surface area contributed by atoms with E-state index >= 15 is 0 Å². The maximum absolute atomic E-state index is 12.5. The van der Waals surface area contributed by atoms with Gasteiger partial charge in [0.1, 0.15) is 5.60 Å². The van der Waals surface area contributed by atoms with Crippen LogP contribution in [0.4, 0.5) is 0 Å². The van der Waals surface area contributed by atoms with Crippen LogP contribution in [0.1, 0.15) is 32.8 Å². The molecule has 2 rings (SSSR count). The van der Waals surface area contributed by atoms with Gasteiger partial charge in [-0.05, 0) is 32.8 Å². The summed E-state index contributed by atoms with van der Waals surface area (Å²) in [5.41, 5.74) is 0.709. The normalized spacial score (nSPS) is 22.2. The molecule has 122 valence electrons. The predicted octanol–water partition coefficient (Wildman–Crippen LogP) is 3.30. The zero-order chi connectivity index (χ0) is 16.9. The third-order valence-corrected chi connectivity index (χ3v) is 3.87. The molecule has 2 atom stereocenters. The number of likely N-dealkylation sites (tertiary alicyclic amines) is 1. The highest BCUT2D eigenvalue weighted by molar-refractivity contribution is 5.74. The fourth-order valence-corrected chi connectivity index (χ4v) is 2.91. The fourth-order valence-electron chi connectivity index (χ4n) is 2.91. The first-order valence-corrected chi connectivity index (χ1v) is 7.98. The molecule has 23 heavy (non-hydrogen) atoms. The molecule has 1 aromatic carbocycles. The summed E-state index contributed by atoms with van der Waals surface area (Å²) in [5, 5.41) is 8.84. The van der Waals surface area contributed by atoms with Crippen LogP contribution < -0.4 is 0 Å². The van der Waals surface area contributed by atoms with Crippen molar-refractivity contribution in [1.82, 2.24) is 4.90 Å². The first-order valence-electron chi connectivity index (χ1n) is 7.98. The van der Waals surface area contributed by atoms with E-state index in [0.29, 0.717) is 0 Å². The van der Waals surface area contributed by atoms with Crippen molar-refractivity contribution in [2.75, 3.05) is 6.54 Å². The summed E-state index contributed by atoms with van der Waals surface area (Å²) in [4.78, 5) is 14.7. The van der Waals surface area contributed by atoms with E-state index in [2.05, 4.69) is 17.0 Å². The number of carbonyl (C=O) groups is 1. The highest BCUT2D eigenvalue weighted by atomic mass is 16.6. The smallest absolute Gasteiger partial charge is 0.311 e. The van der Waals surface area contributed by atoms with E-state index in [9.17, 15) is 4.79 Å². The second kappa shape index (κ2) is 7.43. The second-order valence-electron chi connectivity index (χ2n) is 6.86. The Balaban J connectivity index is 2.13. The Kier molecular flexibility index (Phi) is 5.57. The van der Waals surface area contributed by atoms with Gasteiger partial charge in [-0.3, -0.25) is 9.69 Å². The number of hydrogen-bond acceptors (Lipinski definition) is 4. The molecular formula is C19H24N2O2. The van der Waals surface area contributed by atoms with Gasteiger partial charge in [-0.1, -0.05) is 36.4 Å². The zero-order valence-corrected chi connectivity index (χ0v) is 14.0. The molecule has 4 nitrogen and oxygen atoms in total. The van der Waals surface area contributed by atoms with Gasteiger partial charge in [-0.2, -0.15) is 5.26 Å². The number of esters is 1. The second-order valence-corrected chi connectivity index (χ2v) is 6.86. The van der Waals surface area contributed by atoms with Gasteiger partial charge >= 0.3 is 5.97 Å². The number of nitrogens with zero attached hydrogens (tertiary/aromatic N) is 2. The van der Waals surface area contributed by atoms with Gasteiger partial charge in [-0.25, -0.2) is 0 Å². The first kappa shape index (κ1) is 17.2. The minimum absolute atomic E-state index is 0.0929. The molecule has 1 aliphatic heterocycles. The van der Waals surface area contributed by atoms with Crippen molar-refractivity contribution in [2.45, 2.75) is 45.4 Å². The third-order valence-electron chi connectivity index (χ3n) is 3.87. The quantitative estimate of drug-likeness (QED) is 0.632. The van der Waals surface area contributed by atoms with Crippen molar-refractivity contribution in [2.24, 2.45) is 5.92 Å². The van der Waals surface area contributed by atoms with E-state index in [1.54, 1.807) is 0 Å². The van der Waals surface area contributed by atoms with Gasteiger partial charge in [-0.15, -0.1) is 0 Å². The van der Waals surface area contributed by atoms with Crippen LogP contribution >= 0.6 is 0 Å². The van der Waals surface area contributed by atoms with Gasteiger partial charge in [0.05, 0.1) is 12.0 Å². The molecule has 0 unspecified atom stereocenters. The van der Waals surface area contributed by atoms with E-state index in [1.807, 2.05) is 51.1 Å². The number of hydrogen-bond donors (Lipinski definition) is 0. The third kappa shape index (κ3) is 4.94. The summed E-state index contributed by atoms with van der Waals surface area (Å²) in [7, 11) is 0. The molecule has 0 saturated carbocycles. The summed E-state index contributed by atoms with van der Waals surface area (Å²) < 4.78 is 5.55. The van der Waals surface area contributed by atoms with Gasteiger partial charge in [0.2, 0.25) is 0 Å². The van der Waals surface area contributed by atoms with Crippen LogP contribution in [0.25, 0.3) is 0 Å². The summed E-state index contributed by atoms with van der Waals surface area (Å²) in [5.74, 6) is -0.400. The summed E-state index contributed by atoms with van der Waals surface area (Å²) in [6.45, 7) is 7.21. The number of rotatable bonds is 4. The Bertz CT molecular complexity index is 596. The van der Waals surface area contributed by atoms with Crippen molar-refractivity contribution in [3.05, 3.63) is 48.0 Å². The molecule has 0 radical (unpaired) electrons. The van der Waals surface area contributed by atoms with Gasteiger partial charge in [0.25, 0.3) is 0 Å². The average Bonchev–Trinajstić information content (AvgIpc) is 2.87. The fraction of sp³-hybridized carbons (Fsp3) is 0.474. The molecule has 0 N–H and O–H groups in total. The van der Waals surface area contributed by atoms with Gasteiger partial charge in [0, 0.05) is 25.2 Å². The molecule has 0 spiro atoms. The monoisotopic (exact) mass is 312 g/mol. The standard InChI is InChI=1S/C19H24N2O2/c1-19(2,3)23-18(22)16-11-13-21(17(16)10-7-12-20)14-15-8-5-4-6-9-15/h4-10,16-17H,11,13-14H2,1-3H3/b10-7+/t16-,17-/m0/s1. The molecular weight excluding hydrogens is 288 g/mol. The van der Waals surface area contributed by atoms with Crippen molar-refractivity contribution in [3.63, 3.8) is 0 Å². The van der Waals surface area contributed by atoms with E-state index in [1.165, 1.54) is 11.6 Å². The Hall–Kier alpha value is -2.12. The molecule has 1 fully saturated rings. The average molecular weight is 312 g/mol. The molecule has 0 amide bonds. The van der Waals surface area contributed by atoms with Crippen LogP contribution in [0, 0.1) is 17.2 Å². The molecule has 1 aromatic rings. The van der Waals surface area contributed by atoms with Crippen LogP contribution in [0.5, 0.6) is 0 Å². The largest absolute Gasteiger partial charge is 0.460 e. The molecule has 1 aliphatic rings. The highest BCUT2D eigenvalue weighted by Crippen LogP contribution is 2.29. The van der Waals surface area contributed by atoms with E-state index in [-0.39, 0.29) is 17.9 Å². The number of nitriles is 1. The minimum atomic E-state index is -0.493. The predicted molar refractivity (Wildman–Crippen MR) is 89.3 cm³/mol. The molecule has 1 heterocycles. The van der Waals surface area contributed by atoms with Crippen LogP contribution in [0.2, 0.25) is 0 Å². The van der Waals surface area contributed by atoms with Crippen molar-refractivity contribution in [1.29, 1.82) is 5.26 Å². The summed E-state index contributed by atoms with van der Waals surface area (Å²) in [6, 6.07) is 12.1. The van der Waals surface area contributed by atoms with Crippen molar-refractivity contribution < 1.29 is 9.53 Å². The zero-order valence-electron chi connectivity index (χ0n) is 14.0.